The first-order chi connectivity index (χ1) is 15.2. The number of halogens is 3. The highest BCUT2D eigenvalue weighted by molar-refractivity contribution is 7.89. The van der Waals surface area contributed by atoms with E-state index in [1.54, 1.807) is 6.07 Å². The van der Waals surface area contributed by atoms with E-state index in [0.29, 0.717) is 29.9 Å². The summed E-state index contributed by atoms with van der Waals surface area (Å²) in [6, 6.07) is 8.03. The van der Waals surface area contributed by atoms with Gasteiger partial charge in [0.25, 0.3) is 0 Å². The summed E-state index contributed by atoms with van der Waals surface area (Å²) in [6.07, 6.45) is -1.38. The van der Waals surface area contributed by atoms with Crippen molar-refractivity contribution in [2.45, 2.75) is 43.9 Å². The third-order valence-corrected chi connectivity index (χ3v) is 6.79. The van der Waals surface area contributed by atoms with E-state index >= 15 is 0 Å². The molecule has 0 radical (unpaired) electrons. The number of nitrogens with zero attached hydrogens (tertiary/aromatic N) is 3. The Balaban J connectivity index is 1.53. The zero-order chi connectivity index (χ0) is 23.2. The highest BCUT2D eigenvalue weighted by Crippen LogP contribution is 2.29. The van der Waals surface area contributed by atoms with Crippen LogP contribution < -0.4 is 5.32 Å². The summed E-state index contributed by atoms with van der Waals surface area (Å²) in [5.41, 5.74) is 0.280. The molecule has 1 aromatic carbocycles. The maximum absolute atomic E-state index is 12.8. The normalized spacial score (nSPS) is 15.4. The van der Waals surface area contributed by atoms with Crippen LogP contribution in [0.15, 0.2) is 52.6 Å². The average Bonchev–Trinajstić information content (AvgIpc) is 2.78. The molecule has 1 N–H and O–H groups in total. The predicted octanol–water partition coefficient (Wildman–Crippen LogP) is 4.28. The molecule has 0 aliphatic carbocycles. The van der Waals surface area contributed by atoms with Crippen LogP contribution in [-0.2, 0) is 27.6 Å². The molecule has 0 amide bonds. The Morgan fingerprint density at radius 1 is 1.19 bits per heavy atom. The van der Waals surface area contributed by atoms with Crippen molar-refractivity contribution in [3.8, 4) is 0 Å². The first-order valence-electron chi connectivity index (χ1n) is 10.2. The van der Waals surface area contributed by atoms with Crippen LogP contribution in [0.25, 0.3) is 0 Å². The van der Waals surface area contributed by atoms with E-state index in [-0.39, 0.29) is 24.6 Å². The monoisotopic (exact) mass is 470 g/mol. The van der Waals surface area contributed by atoms with Crippen LogP contribution in [0.3, 0.4) is 0 Å². The third kappa shape index (κ3) is 6.19. The average molecular weight is 471 g/mol. The van der Waals surface area contributed by atoms with E-state index in [1.807, 2.05) is 6.92 Å². The SMILES string of the molecule is CCCNc1ccc(S(=O)(=O)N2CCC(=NOCc3cccc(C(F)(F)F)c3)CC2)cn1. The Bertz CT molecular complexity index is 1030. The van der Waals surface area contributed by atoms with Crippen molar-refractivity contribution in [2.75, 3.05) is 25.0 Å². The molecule has 0 saturated carbocycles. The van der Waals surface area contributed by atoms with Crippen molar-refractivity contribution < 1.29 is 26.4 Å². The van der Waals surface area contributed by atoms with Crippen LogP contribution in [0.2, 0.25) is 0 Å². The molecule has 7 nitrogen and oxygen atoms in total. The number of aromatic nitrogens is 1. The van der Waals surface area contributed by atoms with E-state index in [4.69, 9.17) is 4.84 Å². The number of hydrogen-bond donors (Lipinski definition) is 1. The van der Waals surface area contributed by atoms with Crippen LogP contribution in [-0.4, -0.2) is 43.1 Å². The molecule has 11 heteroatoms. The molecule has 174 valence electrons. The molecule has 0 unspecified atom stereocenters. The maximum Gasteiger partial charge on any atom is 0.416 e. The number of piperidine rings is 1. The number of benzene rings is 1. The Morgan fingerprint density at radius 2 is 1.94 bits per heavy atom. The zero-order valence-corrected chi connectivity index (χ0v) is 18.4. The second kappa shape index (κ2) is 10.3. The van der Waals surface area contributed by atoms with Crippen molar-refractivity contribution in [1.29, 1.82) is 0 Å². The lowest BCUT2D eigenvalue weighted by Crippen LogP contribution is -2.38. The van der Waals surface area contributed by atoms with Crippen molar-refractivity contribution >= 4 is 21.6 Å². The number of pyridine rings is 1. The van der Waals surface area contributed by atoms with Gasteiger partial charge in [-0.25, -0.2) is 13.4 Å². The molecule has 2 aromatic rings. The summed E-state index contributed by atoms with van der Waals surface area (Å²) < 4.78 is 65.4. The number of rotatable bonds is 8. The molecule has 32 heavy (non-hydrogen) atoms. The predicted molar refractivity (Wildman–Crippen MR) is 115 cm³/mol. The van der Waals surface area contributed by atoms with Crippen molar-refractivity contribution in [3.05, 3.63) is 53.7 Å². The Labute approximate surface area is 185 Å². The molecular formula is C21H25F3N4O3S. The standard InChI is InChI=1S/C21H25F3N4O3S/c1-2-10-25-20-7-6-19(14-26-20)32(29,30)28-11-8-18(9-12-28)27-31-15-16-4-3-5-17(13-16)21(22,23)24/h3-7,13-14H,2,8-12,15H2,1H3,(H,25,26). The molecule has 0 spiro atoms. The van der Waals surface area contributed by atoms with Gasteiger partial charge >= 0.3 is 6.18 Å². The molecule has 1 aromatic heterocycles. The highest BCUT2D eigenvalue weighted by Gasteiger charge is 2.30. The third-order valence-electron chi connectivity index (χ3n) is 4.91. The molecule has 0 atom stereocenters. The minimum atomic E-state index is -4.41. The van der Waals surface area contributed by atoms with Crippen molar-refractivity contribution in [3.63, 3.8) is 0 Å². The number of oxime groups is 1. The van der Waals surface area contributed by atoms with Gasteiger partial charge in [-0.3, -0.25) is 0 Å². The molecule has 1 aliphatic rings. The largest absolute Gasteiger partial charge is 0.416 e. The smallest absolute Gasteiger partial charge is 0.391 e. The first-order valence-corrected chi connectivity index (χ1v) is 11.7. The van der Waals surface area contributed by atoms with Crippen LogP contribution in [0.5, 0.6) is 0 Å². The van der Waals surface area contributed by atoms with E-state index in [0.717, 1.165) is 25.1 Å². The molecule has 2 heterocycles. The van der Waals surface area contributed by atoms with Gasteiger partial charge in [0.2, 0.25) is 10.0 Å². The van der Waals surface area contributed by atoms with Gasteiger partial charge in [0.05, 0.1) is 11.3 Å². The second-order valence-electron chi connectivity index (χ2n) is 7.34. The minimum Gasteiger partial charge on any atom is -0.391 e. The Kier molecular flexibility index (Phi) is 7.73. The molecule has 1 saturated heterocycles. The quantitative estimate of drug-likeness (QED) is 0.583. The van der Waals surface area contributed by atoms with Gasteiger partial charge in [-0.2, -0.15) is 17.5 Å². The zero-order valence-electron chi connectivity index (χ0n) is 17.6. The fourth-order valence-corrected chi connectivity index (χ4v) is 4.54. The summed E-state index contributed by atoms with van der Waals surface area (Å²) in [5.74, 6) is 0.622. The second-order valence-corrected chi connectivity index (χ2v) is 9.28. The van der Waals surface area contributed by atoms with Crippen LogP contribution in [0.1, 0.15) is 37.3 Å². The highest BCUT2D eigenvalue weighted by atomic mass is 32.2. The van der Waals surface area contributed by atoms with Crippen LogP contribution in [0.4, 0.5) is 19.0 Å². The van der Waals surface area contributed by atoms with Gasteiger partial charge in [-0.05, 0) is 36.2 Å². The first kappa shape index (κ1) is 24.0. The van der Waals surface area contributed by atoms with Gasteiger partial charge < -0.3 is 10.2 Å². The Hall–Kier alpha value is -2.66. The number of hydrogen-bond acceptors (Lipinski definition) is 6. The number of nitrogens with one attached hydrogen (secondary N) is 1. The van der Waals surface area contributed by atoms with Crippen LogP contribution >= 0.6 is 0 Å². The molecule has 1 fully saturated rings. The fourth-order valence-electron chi connectivity index (χ4n) is 3.15. The molecule has 1 aliphatic heterocycles. The fraction of sp³-hybridized carbons (Fsp3) is 0.429. The number of sulfonamides is 1. The summed E-state index contributed by atoms with van der Waals surface area (Å²) in [5, 5.41) is 7.09. The van der Waals surface area contributed by atoms with Gasteiger partial charge in [-0.15, -0.1) is 0 Å². The summed E-state index contributed by atoms with van der Waals surface area (Å²) in [7, 11) is -3.66. The van der Waals surface area contributed by atoms with E-state index in [2.05, 4.69) is 15.5 Å². The van der Waals surface area contributed by atoms with Gasteiger partial charge in [-0.1, -0.05) is 24.2 Å². The Morgan fingerprint density at radius 3 is 2.56 bits per heavy atom. The lowest BCUT2D eigenvalue weighted by molar-refractivity contribution is -0.137. The van der Waals surface area contributed by atoms with Crippen molar-refractivity contribution in [1.82, 2.24) is 9.29 Å². The minimum absolute atomic E-state index is 0.0977. The van der Waals surface area contributed by atoms with Gasteiger partial charge in [0, 0.05) is 38.7 Å². The van der Waals surface area contributed by atoms with Crippen LogP contribution in [0, 0.1) is 0 Å². The summed E-state index contributed by atoms with van der Waals surface area (Å²) in [4.78, 5) is 9.49. The lowest BCUT2D eigenvalue weighted by Gasteiger charge is -2.26. The number of alkyl halides is 3. The topological polar surface area (TPSA) is 83.9 Å². The number of anilines is 1. The van der Waals surface area contributed by atoms with Crippen molar-refractivity contribution in [2.24, 2.45) is 5.16 Å². The molecule has 0 bridgehead atoms. The molecule has 3 rings (SSSR count). The van der Waals surface area contributed by atoms with E-state index < -0.39 is 21.8 Å². The molecular weight excluding hydrogens is 445 g/mol. The lowest BCUT2D eigenvalue weighted by atomic mass is 10.1. The van der Waals surface area contributed by atoms with Gasteiger partial charge in [0.15, 0.2) is 0 Å². The van der Waals surface area contributed by atoms with E-state index in [9.17, 15) is 21.6 Å². The summed E-state index contributed by atoms with van der Waals surface area (Å²) in [6.45, 7) is 3.16. The van der Waals surface area contributed by atoms with E-state index in [1.165, 1.54) is 28.7 Å². The summed E-state index contributed by atoms with van der Waals surface area (Å²) >= 11 is 0. The van der Waals surface area contributed by atoms with Gasteiger partial charge in [0.1, 0.15) is 17.3 Å². The maximum atomic E-state index is 12.8.